The third-order valence-corrected chi connectivity index (χ3v) is 6.04. The van der Waals surface area contributed by atoms with E-state index in [1.54, 1.807) is 13.1 Å². The van der Waals surface area contributed by atoms with Crippen LogP contribution in [0.15, 0.2) is 65.7 Å². The van der Waals surface area contributed by atoms with E-state index in [9.17, 15) is 13.2 Å². The summed E-state index contributed by atoms with van der Waals surface area (Å²) in [6.07, 6.45) is 1.17. The van der Waals surface area contributed by atoms with E-state index < -0.39 is 22.1 Å². The molecule has 0 aliphatic carbocycles. The number of pyridine rings is 1. The van der Waals surface area contributed by atoms with Crippen LogP contribution in [-0.2, 0) is 19.6 Å². The summed E-state index contributed by atoms with van der Waals surface area (Å²) in [5.41, 5.74) is 1.88. The van der Waals surface area contributed by atoms with Crippen molar-refractivity contribution < 1.29 is 22.8 Å². The first-order valence-electron chi connectivity index (χ1n) is 8.51. The monoisotopic (exact) mass is 400 g/mol. The van der Waals surface area contributed by atoms with Gasteiger partial charge in [0.1, 0.15) is 6.10 Å². The van der Waals surface area contributed by atoms with E-state index in [4.69, 9.17) is 9.57 Å². The number of aromatic nitrogens is 1. The van der Waals surface area contributed by atoms with E-state index in [0.717, 1.165) is 20.9 Å². The fourth-order valence-corrected chi connectivity index (χ4v) is 3.59. The molecule has 2 aromatic carbocycles. The van der Waals surface area contributed by atoms with Gasteiger partial charge in [-0.2, -0.15) is 0 Å². The summed E-state index contributed by atoms with van der Waals surface area (Å²) in [6.45, 7) is 1.76. The summed E-state index contributed by atoms with van der Waals surface area (Å²) >= 11 is 0. The number of ether oxygens (including phenoxy) is 1. The number of rotatable bonds is 6. The van der Waals surface area contributed by atoms with Crippen LogP contribution >= 0.6 is 0 Å². The quantitative estimate of drug-likeness (QED) is 0.466. The maximum atomic E-state index is 12.4. The summed E-state index contributed by atoms with van der Waals surface area (Å²) in [5.74, 6) is -0.551. The van der Waals surface area contributed by atoms with Gasteiger partial charge in [-0.15, -0.1) is 0 Å². The summed E-state index contributed by atoms with van der Waals surface area (Å²) in [7, 11) is -1.22. The number of hydrogen-bond acceptors (Lipinski definition) is 6. The molecular weight excluding hydrogens is 380 g/mol. The number of hydrogen-bond donors (Lipinski definition) is 0. The lowest BCUT2D eigenvalue weighted by molar-refractivity contribution is -0.0258. The Kier molecular flexibility index (Phi) is 5.73. The molecule has 3 rings (SSSR count). The maximum absolute atomic E-state index is 12.4. The highest BCUT2D eigenvalue weighted by molar-refractivity contribution is 7.89. The summed E-state index contributed by atoms with van der Waals surface area (Å²) in [5, 5.41) is 0.958. The van der Waals surface area contributed by atoms with Crippen LogP contribution in [0.3, 0.4) is 0 Å². The number of para-hydroxylation sites is 1. The molecule has 0 aliphatic heterocycles. The van der Waals surface area contributed by atoms with Crippen molar-refractivity contribution in [1.29, 1.82) is 0 Å². The van der Waals surface area contributed by atoms with Gasteiger partial charge >= 0.3 is 5.97 Å². The minimum atomic E-state index is -3.77. The third kappa shape index (κ3) is 4.04. The van der Waals surface area contributed by atoms with Gasteiger partial charge in [0.15, 0.2) is 0 Å². The SMILES string of the molecule is CON(C)S(=O)(=O)c1ccc(C(=O)OC(C)c2cnc3ccccc3c2)cc1. The first-order chi connectivity index (χ1) is 13.3. The number of nitrogens with zero attached hydrogens (tertiary/aromatic N) is 2. The topological polar surface area (TPSA) is 85.8 Å². The molecule has 0 radical (unpaired) electrons. The molecule has 0 saturated heterocycles. The summed E-state index contributed by atoms with van der Waals surface area (Å²) < 4.78 is 30.6. The number of benzene rings is 2. The second-order valence-corrected chi connectivity index (χ2v) is 8.07. The van der Waals surface area contributed by atoms with Gasteiger partial charge in [0, 0.05) is 24.2 Å². The lowest BCUT2D eigenvalue weighted by Gasteiger charge is -2.15. The first kappa shape index (κ1) is 19.9. The van der Waals surface area contributed by atoms with Crippen molar-refractivity contribution in [2.24, 2.45) is 0 Å². The van der Waals surface area contributed by atoms with Crippen molar-refractivity contribution >= 4 is 26.9 Å². The van der Waals surface area contributed by atoms with Gasteiger partial charge in [-0.05, 0) is 43.3 Å². The lowest BCUT2D eigenvalue weighted by Crippen LogP contribution is -2.25. The zero-order chi connectivity index (χ0) is 20.3. The Balaban J connectivity index is 1.75. The van der Waals surface area contributed by atoms with Gasteiger partial charge in [0.05, 0.1) is 23.1 Å². The van der Waals surface area contributed by atoms with Gasteiger partial charge in [0.25, 0.3) is 10.0 Å². The number of carbonyl (C=O) groups is 1. The van der Waals surface area contributed by atoms with Gasteiger partial charge < -0.3 is 4.74 Å². The van der Waals surface area contributed by atoms with Crippen molar-refractivity contribution in [2.45, 2.75) is 17.9 Å². The molecule has 0 fully saturated rings. The van der Waals surface area contributed by atoms with Crippen LogP contribution in [0.4, 0.5) is 0 Å². The zero-order valence-corrected chi connectivity index (χ0v) is 16.5. The molecule has 0 amide bonds. The molecule has 0 spiro atoms. The minimum Gasteiger partial charge on any atom is -0.454 e. The third-order valence-electron chi connectivity index (χ3n) is 4.35. The molecule has 1 aromatic heterocycles. The normalized spacial score (nSPS) is 12.9. The lowest BCUT2D eigenvalue weighted by atomic mass is 10.1. The highest BCUT2D eigenvalue weighted by Gasteiger charge is 2.21. The molecule has 8 heteroatoms. The molecule has 1 atom stereocenters. The van der Waals surface area contributed by atoms with E-state index in [0.29, 0.717) is 0 Å². The van der Waals surface area contributed by atoms with Gasteiger partial charge in [-0.25, -0.2) is 13.2 Å². The minimum absolute atomic E-state index is 0.0141. The largest absolute Gasteiger partial charge is 0.454 e. The molecule has 146 valence electrons. The average molecular weight is 400 g/mol. The summed E-state index contributed by atoms with van der Waals surface area (Å²) in [4.78, 5) is 21.5. The highest BCUT2D eigenvalue weighted by Crippen LogP contribution is 2.22. The molecule has 1 heterocycles. The Hall–Kier alpha value is -2.81. The van der Waals surface area contributed by atoms with Crippen molar-refractivity contribution in [2.75, 3.05) is 14.2 Å². The van der Waals surface area contributed by atoms with Gasteiger partial charge in [-0.3, -0.25) is 9.82 Å². The highest BCUT2D eigenvalue weighted by atomic mass is 32.2. The summed E-state index contributed by atoms with van der Waals surface area (Å²) in [6, 6.07) is 15.1. The van der Waals surface area contributed by atoms with Gasteiger partial charge in [-0.1, -0.05) is 22.7 Å². The fourth-order valence-electron chi connectivity index (χ4n) is 2.62. The zero-order valence-electron chi connectivity index (χ0n) is 15.7. The van der Waals surface area contributed by atoms with E-state index in [1.807, 2.05) is 30.3 Å². The van der Waals surface area contributed by atoms with Gasteiger partial charge in [0.2, 0.25) is 0 Å². The Morgan fingerprint density at radius 3 is 2.46 bits per heavy atom. The van der Waals surface area contributed by atoms with Crippen LogP contribution in [0.5, 0.6) is 0 Å². The van der Waals surface area contributed by atoms with Crippen LogP contribution in [-0.4, -0.2) is 38.0 Å². The van der Waals surface area contributed by atoms with Crippen molar-refractivity contribution in [3.63, 3.8) is 0 Å². The Morgan fingerprint density at radius 2 is 1.79 bits per heavy atom. The fraction of sp³-hybridized carbons (Fsp3) is 0.200. The molecule has 0 saturated carbocycles. The predicted molar refractivity (Wildman–Crippen MR) is 104 cm³/mol. The van der Waals surface area contributed by atoms with Crippen molar-refractivity contribution in [3.8, 4) is 0 Å². The maximum Gasteiger partial charge on any atom is 0.338 e. The molecule has 3 aromatic rings. The molecule has 7 nitrogen and oxygen atoms in total. The second-order valence-electron chi connectivity index (χ2n) is 6.13. The van der Waals surface area contributed by atoms with Crippen LogP contribution in [0.1, 0.15) is 28.9 Å². The number of fused-ring (bicyclic) bond motifs is 1. The second kappa shape index (κ2) is 8.05. The van der Waals surface area contributed by atoms with E-state index >= 15 is 0 Å². The van der Waals surface area contributed by atoms with Crippen molar-refractivity contribution in [1.82, 2.24) is 9.45 Å². The standard InChI is InChI=1S/C20H20N2O5S/c1-14(17-12-16-6-4-5-7-19(16)21-13-17)27-20(23)15-8-10-18(11-9-15)28(24,25)22(2)26-3/h4-14H,1-3H3. The number of sulfonamides is 1. The Labute approximate surface area is 163 Å². The van der Waals surface area contributed by atoms with E-state index in [2.05, 4.69) is 4.98 Å². The van der Waals surface area contributed by atoms with Crippen LogP contribution in [0.2, 0.25) is 0 Å². The Morgan fingerprint density at radius 1 is 1.11 bits per heavy atom. The van der Waals surface area contributed by atoms with E-state index in [-0.39, 0.29) is 10.5 Å². The molecule has 0 aliphatic rings. The van der Waals surface area contributed by atoms with E-state index in [1.165, 1.54) is 38.4 Å². The van der Waals surface area contributed by atoms with Crippen LogP contribution in [0.25, 0.3) is 10.9 Å². The van der Waals surface area contributed by atoms with Crippen LogP contribution < -0.4 is 0 Å². The number of esters is 1. The molecule has 28 heavy (non-hydrogen) atoms. The number of hydroxylamine groups is 1. The molecule has 0 N–H and O–H groups in total. The smallest absolute Gasteiger partial charge is 0.338 e. The average Bonchev–Trinajstić information content (AvgIpc) is 2.72. The first-order valence-corrected chi connectivity index (χ1v) is 9.95. The Bertz CT molecular complexity index is 1100. The predicted octanol–water partition coefficient (Wildman–Crippen LogP) is 3.33. The molecule has 0 bridgehead atoms. The number of carbonyl (C=O) groups excluding carboxylic acids is 1. The van der Waals surface area contributed by atoms with Crippen molar-refractivity contribution in [3.05, 3.63) is 71.9 Å². The molecule has 1 unspecified atom stereocenters. The molecular formula is C20H20N2O5S. The van der Waals surface area contributed by atoms with Crippen LogP contribution in [0, 0.1) is 0 Å².